The molecule has 5 heteroatoms. The number of rotatable bonds is 4. The third-order valence-electron chi connectivity index (χ3n) is 3.64. The zero-order valence-corrected chi connectivity index (χ0v) is 13.6. The molecule has 1 fully saturated rings. The van der Waals surface area contributed by atoms with Crippen LogP contribution in [0.5, 0.6) is 0 Å². The minimum Gasteiger partial charge on any atom is -0.398 e. The molecule has 0 saturated carbocycles. The van der Waals surface area contributed by atoms with Crippen LogP contribution in [-0.4, -0.2) is 40.3 Å². The predicted molar refractivity (Wildman–Crippen MR) is 85.4 cm³/mol. The highest BCUT2D eigenvalue weighted by atomic mass is 16.5. The van der Waals surface area contributed by atoms with Crippen molar-refractivity contribution in [3.63, 3.8) is 0 Å². The summed E-state index contributed by atoms with van der Waals surface area (Å²) in [6.45, 7) is 12.0. The van der Waals surface area contributed by atoms with Gasteiger partial charge in [0.05, 0.1) is 11.2 Å². The first-order valence-electron chi connectivity index (χ1n) is 7.55. The summed E-state index contributed by atoms with van der Waals surface area (Å²) in [6, 6.07) is 3.17. The van der Waals surface area contributed by atoms with E-state index >= 15 is 0 Å². The quantitative estimate of drug-likeness (QED) is 0.918. The van der Waals surface area contributed by atoms with Gasteiger partial charge in [-0.25, -0.2) is 0 Å². The van der Waals surface area contributed by atoms with Gasteiger partial charge in [0, 0.05) is 44.1 Å². The number of anilines is 1. The number of pyridine rings is 1. The van der Waals surface area contributed by atoms with Gasteiger partial charge in [-0.3, -0.25) is 9.69 Å². The van der Waals surface area contributed by atoms with Crippen LogP contribution in [0.15, 0.2) is 23.1 Å². The van der Waals surface area contributed by atoms with Gasteiger partial charge in [-0.15, -0.1) is 0 Å². The van der Waals surface area contributed by atoms with E-state index in [-0.39, 0.29) is 16.8 Å². The highest BCUT2D eigenvalue weighted by molar-refractivity contribution is 5.33. The molecule has 5 nitrogen and oxygen atoms in total. The van der Waals surface area contributed by atoms with Crippen molar-refractivity contribution in [2.75, 3.05) is 25.4 Å². The largest absolute Gasteiger partial charge is 0.398 e. The Labute approximate surface area is 126 Å². The van der Waals surface area contributed by atoms with Crippen LogP contribution in [0.2, 0.25) is 0 Å². The summed E-state index contributed by atoms with van der Waals surface area (Å²) < 4.78 is 7.76. The molecule has 2 rings (SSSR count). The number of hydrogen-bond acceptors (Lipinski definition) is 4. The number of nitrogen functional groups attached to an aromatic ring is 1. The maximum atomic E-state index is 11.7. The van der Waals surface area contributed by atoms with Crippen molar-refractivity contribution in [2.45, 2.75) is 51.9 Å². The molecule has 1 aliphatic rings. The summed E-state index contributed by atoms with van der Waals surface area (Å²) in [6.07, 6.45) is 2.64. The summed E-state index contributed by atoms with van der Waals surface area (Å²) in [7, 11) is 0. The van der Waals surface area contributed by atoms with Gasteiger partial charge in [0.2, 0.25) is 0 Å². The summed E-state index contributed by atoms with van der Waals surface area (Å²) in [4.78, 5) is 14.2. The van der Waals surface area contributed by atoms with E-state index in [4.69, 9.17) is 10.5 Å². The van der Waals surface area contributed by atoms with Crippen LogP contribution in [0.3, 0.4) is 0 Å². The van der Waals surface area contributed by atoms with Crippen LogP contribution < -0.4 is 11.3 Å². The molecule has 2 N–H and O–H groups in total. The predicted octanol–water partition coefficient (Wildman–Crippen LogP) is 1.71. The molecule has 1 aliphatic heterocycles. The van der Waals surface area contributed by atoms with Gasteiger partial charge in [-0.05, 0) is 40.2 Å². The van der Waals surface area contributed by atoms with Crippen LogP contribution in [0.4, 0.5) is 5.69 Å². The van der Waals surface area contributed by atoms with Crippen molar-refractivity contribution >= 4 is 5.69 Å². The zero-order chi connectivity index (χ0) is 15.7. The smallest absolute Gasteiger partial charge is 0.250 e. The van der Waals surface area contributed by atoms with Crippen molar-refractivity contribution in [1.82, 2.24) is 9.47 Å². The van der Waals surface area contributed by atoms with Crippen molar-refractivity contribution < 1.29 is 4.74 Å². The van der Waals surface area contributed by atoms with Crippen molar-refractivity contribution in [2.24, 2.45) is 0 Å². The Morgan fingerprint density at radius 1 is 1.14 bits per heavy atom. The number of nitrogens with zero attached hydrogens (tertiary/aromatic N) is 2. The van der Waals surface area contributed by atoms with E-state index in [9.17, 15) is 4.79 Å². The van der Waals surface area contributed by atoms with Gasteiger partial charge >= 0.3 is 0 Å². The fraction of sp³-hybridized carbons (Fsp3) is 0.688. The van der Waals surface area contributed by atoms with Crippen LogP contribution in [0.1, 0.15) is 34.1 Å². The van der Waals surface area contributed by atoms with Crippen molar-refractivity contribution in [3.05, 3.63) is 28.7 Å². The molecular weight excluding hydrogens is 266 g/mol. The fourth-order valence-electron chi connectivity index (χ4n) is 3.29. The van der Waals surface area contributed by atoms with Gasteiger partial charge < -0.3 is 15.0 Å². The topological polar surface area (TPSA) is 60.5 Å². The van der Waals surface area contributed by atoms with E-state index < -0.39 is 0 Å². The Morgan fingerprint density at radius 2 is 1.76 bits per heavy atom. The minimum atomic E-state index is -0.129. The minimum absolute atomic E-state index is 0.00633. The van der Waals surface area contributed by atoms with Crippen LogP contribution >= 0.6 is 0 Å². The molecule has 118 valence electrons. The van der Waals surface area contributed by atoms with Crippen molar-refractivity contribution in [3.8, 4) is 0 Å². The molecule has 0 atom stereocenters. The van der Waals surface area contributed by atoms with Gasteiger partial charge in [-0.1, -0.05) is 0 Å². The summed E-state index contributed by atoms with van der Waals surface area (Å²) in [5, 5.41) is 0. The van der Waals surface area contributed by atoms with Crippen LogP contribution in [-0.2, 0) is 11.3 Å². The molecule has 1 saturated heterocycles. The van der Waals surface area contributed by atoms with Gasteiger partial charge in [0.15, 0.2) is 0 Å². The Morgan fingerprint density at radius 3 is 2.38 bits per heavy atom. The third-order valence-corrected chi connectivity index (χ3v) is 3.64. The molecule has 0 aromatic carbocycles. The third kappa shape index (κ3) is 4.58. The SMILES string of the molecule is CC1(C)CN(CCCn2cc(N)ccc2=O)CC(C)(C)O1. The van der Waals surface area contributed by atoms with Crippen LogP contribution in [0, 0.1) is 0 Å². The fourth-order valence-corrected chi connectivity index (χ4v) is 3.29. The molecule has 1 aromatic rings. The number of nitrogens with two attached hydrogens (primary N) is 1. The number of ether oxygens (including phenoxy) is 1. The summed E-state index contributed by atoms with van der Waals surface area (Å²) in [5.41, 5.74) is 6.10. The molecule has 0 unspecified atom stereocenters. The summed E-state index contributed by atoms with van der Waals surface area (Å²) >= 11 is 0. The molecular formula is C16H27N3O2. The number of aromatic nitrogens is 1. The maximum Gasteiger partial charge on any atom is 0.250 e. The van der Waals surface area contributed by atoms with E-state index in [2.05, 4.69) is 32.6 Å². The first-order chi connectivity index (χ1) is 9.67. The second-order valence-electron chi connectivity index (χ2n) is 7.18. The zero-order valence-electron chi connectivity index (χ0n) is 13.6. The molecule has 0 spiro atoms. The average Bonchev–Trinajstić information content (AvgIpc) is 2.29. The van der Waals surface area contributed by atoms with Gasteiger partial charge in [0.25, 0.3) is 5.56 Å². The van der Waals surface area contributed by atoms with Crippen LogP contribution in [0.25, 0.3) is 0 Å². The van der Waals surface area contributed by atoms with E-state index in [1.54, 1.807) is 16.8 Å². The lowest BCUT2D eigenvalue weighted by atomic mass is 9.99. The summed E-state index contributed by atoms with van der Waals surface area (Å²) in [5.74, 6) is 0. The Balaban J connectivity index is 1.91. The van der Waals surface area contributed by atoms with E-state index in [1.807, 2.05) is 0 Å². The number of morpholine rings is 1. The maximum absolute atomic E-state index is 11.7. The molecule has 1 aromatic heterocycles. The highest BCUT2D eigenvalue weighted by Gasteiger charge is 2.37. The van der Waals surface area contributed by atoms with Gasteiger partial charge in [0.1, 0.15) is 0 Å². The van der Waals surface area contributed by atoms with E-state index in [0.717, 1.165) is 26.1 Å². The van der Waals surface area contributed by atoms with E-state index in [0.29, 0.717) is 12.2 Å². The first kappa shape index (κ1) is 16.0. The number of aryl methyl sites for hydroxylation is 1. The Bertz CT molecular complexity index is 533. The lowest BCUT2D eigenvalue weighted by molar-refractivity contribution is -0.180. The second-order valence-corrected chi connectivity index (χ2v) is 7.18. The monoisotopic (exact) mass is 293 g/mol. The molecule has 0 aliphatic carbocycles. The average molecular weight is 293 g/mol. The van der Waals surface area contributed by atoms with Gasteiger partial charge in [-0.2, -0.15) is 0 Å². The first-order valence-corrected chi connectivity index (χ1v) is 7.55. The molecule has 0 bridgehead atoms. The normalized spacial score (nSPS) is 21.3. The Hall–Kier alpha value is -1.33. The molecule has 2 heterocycles. The standard InChI is InChI=1S/C16H27N3O2/c1-15(2)11-18(12-16(3,4)21-15)8-5-9-19-10-13(17)6-7-14(19)20/h6-7,10H,5,8-9,11-12,17H2,1-4H3. The van der Waals surface area contributed by atoms with E-state index in [1.165, 1.54) is 6.07 Å². The molecule has 0 amide bonds. The molecule has 21 heavy (non-hydrogen) atoms. The lowest BCUT2D eigenvalue weighted by Gasteiger charge is -2.47. The second kappa shape index (κ2) is 5.81. The van der Waals surface area contributed by atoms with Crippen molar-refractivity contribution in [1.29, 1.82) is 0 Å². The lowest BCUT2D eigenvalue weighted by Crippen LogP contribution is -2.57. The molecule has 0 radical (unpaired) electrons. The number of hydrogen-bond donors (Lipinski definition) is 1. The highest BCUT2D eigenvalue weighted by Crippen LogP contribution is 2.27. The Kier molecular flexibility index (Phi) is 4.44.